The lowest BCUT2D eigenvalue weighted by Crippen LogP contribution is -2.46. The molecule has 1 N–H and O–H groups in total. The van der Waals surface area contributed by atoms with Gasteiger partial charge in [-0.3, -0.25) is 14.4 Å². The number of nitrogens with zero attached hydrogens (tertiary/aromatic N) is 2. The molecule has 1 fully saturated rings. The van der Waals surface area contributed by atoms with Gasteiger partial charge in [-0.2, -0.15) is 0 Å². The number of anilines is 1. The van der Waals surface area contributed by atoms with Crippen molar-refractivity contribution in [3.8, 4) is 11.5 Å². The van der Waals surface area contributed by atoms with Crippen LogP contribution in [-0.4, -0.2) is 60.1 Å². The summed E-state index contributed by atoms with van der Waals surface area (Å²) in [6.45, 7) is 4.39. The molecule has 2 aliphatic rings. The van der Waals surface area contributed by atoms with E-state index in [2.05, 4.69) is 0 Å². The first-order valence-corrected chi connectivity index (χ1v) is 8.61. The molecule has 140 valence electrons. The Labute approximate surface area is 151 Å². The average molecular weight is 362 g/mol. The number of fused-ring (bicyclic) bond motifs is 1. The van der Waals surface area contributed by atoms with Crippen molar-refractivity contribution < 1.29 is 29.0 Å². The van der Waals surface area contributed by atoms with Gasteiger partial charge in [0.1, 0.15) is 25.7 Å². The van der Waals surface area contributed by atoms with Crippen molar-refractivity contribution in [2.24, 2.45) is 5.92 Å². The topological polar surface area (TPSA) is 96.4 Å². The summed E-state index contributed by atoms with van der Waals surface area (Å²) in [5.41, 5.74) is 0.642. The summed E-state index contributed by atoms with van der Waals surface area (Å²) in [5, 5.41) is 9.02. The summed E-state index contributed by atoms with van der Waals surface area (Å²) in [6.07, 6.45) is 0.356. The largest absolute Gasteiger partial charge is 0.486 e. The van der Waals surface area contributed by atoms with Crippen LogP contribution in [0.1, 0.15) is 20.3 Å². The predicted molar refractivity (Wildman–Crippen MR) is 92.4 cm³/mol. The molecule has 1 unspecified atom stereocenters. The molecule has 0 radical (unpaired) electrons. The van der Waals surface area contributed by atoms with E-state index in [4.69, 9.17) is 14.6 Å². The lowest BCUT2D eigenvalue weighted by atomic mass is 10.1. The minimum atomic E-state index is -1.10. The van der Waals surface area contributed by atoms with E-state index in [0.717, 1.165) is 0 Å². The van der Waals surface area contributed by atoms with Crippen LogP contribution < -0.4 is 14.4 Å². The lowest BCUT2D eigenvalue weighted by molar-refractivity contribution is -0.149. The molecule has 2 amide bonds. The molecular formula is C18H22N2O6. The molecule has 8 nitrogen and oxygen atoms in total. The van der Waals surface area contributed by atoms with Gasteiger partial charge in [-0.1, -0.05) is 0 Å². The Morgan fingerprint density at radius 1 is 1.27 bits per heavy atom. The van der Waals surface area contributed by atoms with Crippen molar-refractivity contribution in [1.29, 1.82) is 0 Å². The second-order valence-electron chi connectivity index (χ2n) is 6.61. The smallest absolute Gasteiger partial charge is 0.323 e. The quantitative estimate of drug-likeness (QED) is 0.789. The van der Waals surface area contributed by atoms with Gasteiger partial charge < -0.3 is 24.4 Å². The molecule has 0 aliphatic carbocycles. The SMILES string of the molecule is CC(C)N(CC(=O)O)C(=O)C1CCN(c2ccc3c(c2)OCCO3)C1=O. The van der Waals surface area contributed by atoms with Crippen LogP contribution in [0.25, 0.3) is 0 Å². The monoisotopic (exact) mass is 362 g/mol. The Hall–Kier alpha value is -2.77. The van der Waals surface area contributed by atoms with Crippen molar-refractivity contribution in [2.45, 2.75) is 26.3 Å². The third-order valence-corrected chi connectivity index (χ3v) is 4.55. The summed E-state index contributed by atoms with van der Waals surface area (Å²) < 4.78 is 11.0. The fourth-order valence-corrected chi connectivity index (χ4v) is 3.23. The predicted octanol–water partition coefficient (Wildman–Crippen LogP) is 1.13. The first kappa shape index (κ1) is 18.0. The Morgan fingerprint density at radius 2 is 1.96 bits per heavy atom. The summed E-state index contributed by atoms with van der Waals surface area (Å²) in [4.78, 5) is 39.3. The maximum atomic E-state index is 12.8. The molecule has 2 heterocycles. The number of benzene rings is 1. The van der Waals surface area contributed by atoms with E-state index in [1.165, 1.54) is 4.90 Å². The number of carboxylic acids is 1. The number of hydrogen-bond donors (Lipinski definition) is 1. The minimum Gasteiger partial charge on any atom is -0.486 e. The highest BCUT2D eigenvalue weighted by molar-refractivity contribution is 6.10. The van der Waals surface area contributed by atoms with Crippen LogP contribution in [0, 0.1) is 5.92 Å². The second kappa shape index (κ2) is 7.23. The molecule has 1 aromatic carbocycles. The number of carboxylic acid groups (broad SMARTS) is 1. The molecular weight excluding hydrogens is 340 g/mol. The van der Waals surface area contributed by atoms with Crippen LogP contribution in [0.2, 0.25) is 0 Å². The second-order valence-corrected chi connectivity index (χ2v) is 6.61. The number of aliphatic carboxylic acids is 1. The van der Waals surface area contributed by atoms with E-state index in [-0.39, 0.29) is 11.9 Å². The van der Waals surface area contributed by atoms with Gasteiger partial charge in [-0.05, 0) is 32.4 Å². The van der Waals surface area contributed by atoms with Gasteiger partial charge in [0.05, 0.1) is 0 Å². The Kier molecular flexibility index (Phi) is 5.01. The molecule has 0 aromatic heterocycles. The van der Waals surface area contributed by atoms with Crippen LogP contribution >= 0.6 is 0 Å². The van der Waals surface area contributed by atoms with Crippen molar-refractivity contribution in [3.05, 3.63) is 18.2 Å². The molecule has 3 rings (SSSR count). The summed E-state index contributed by atoms with van der Waals surface area (Å²) in [7, 11) is 0. The first-order valence-electron chi connectivity index (χ1n) is 8.61. The molecule has 0 saturated carbocycles. The van der Waals surface area contributed by atoms with Crippen LogP contribution in [0.15, 0.2) is 18.2 Å². The van der Waals surface area contributed by atoms with E-state index in [9.17, 15) is 14.4 Å². The molecule has 0 bridgehead atoms. The van der Waals surface area contributed by atoms with E-state index in [1.807, 2.05) is 0 Å². The van der Waals surface area contributed by atoms with Gasteiger partial charge in [0.15, 0.2) is 11.5 Å². The zero-order chi connectivity index (χ0) is 18.8. The average Bonchev–Trinajstić information content (AvgIpc) is 2.99. The third-order valence-electron chi connectivity index (χ3n) is 4.55. The van der Waals surface area contributed by atoms with Crippen LogP contribution in [-0.2, 0) is 14.4 Å². The van der Waals surface area contributed by atoms with Crippen LogP contribution in [0.5, 0.6) is 11.5 Å². The van der Waals surface area contributed by atoms with Crippen molar-refractivity contribution >= 4 is 23.5 Å². The van der Waals surface area contributed by atoms with Crippen molar-refractivity contribution in [3.63, 3.8) is 0 Å². The van der Waals surface area contributed by atoms with Gasteiger partial charge >= 0.3 is 5.97 Å². The highest BCUT2D eigenvalue weighted by atomic mass is 16.6. The van der Waals surface area contributed by atoms with Gasteiger partial charge in [0.25, 0.3) is 0 Å². The maximum absolute atomic E-state index is 12.8. The minimum absolute atomic E-state index is 0.297. The Bertz CT molecular complexity index is 732. The Balaban J connectivity index is 1.77. The van der Waals surface area contributed by atoms with Gasteiger partial charge in [0.2, 0.25) is 11.8 Å². The lowest BCUT2D eigenvalue weighted by Gasteiger charge is -2.27. The number of amides is 2. The summed E-state index contributed by atoms with van der Waals surface area (Å²) >= 11 is 0. The maximum Gasteiger partial charge on any atom is 0.323 e. The van der Waals surface area contributed by atoms with Gasteiger partial charge in [0, 0.05) is 24.3 Å². The van der Waals surface area contributed by atoms with Gasteiger partial charge in [-0.25, -0.2) is 0 Å². The first-order chi connectivity index (χ1) is 12.4. The van der Waals surface area contributed by atoms with E-state index in [1.54, 1.807) is 36.9 Å². The molecule has 8 heteroatoms. The third kappa shape index (κ3) is 3.44. The molecule has 1 atom stereocenters. The highest BCUT2D eigenvalue weighted by Crippen LogP contribution is 2.36. The number of carbonyl (C=O) groups excluding carboxylic acids is 2. The normalized spacial score (nSPS) is 19.0. The number of rotatable bonds is 5. The molecule has 1 saturated heterocycles. The zero-order valence-electron chi connectivity index (χ0n) is 14.8. The van der Waals surface area contributed by atoms with E-state index < -0.39 is 24.3 Å². The molecule has 2 aliphatic heterocycles. The van der Waals surface area contributed by atoms with Crippen molar-refractivity contribution in [2.75, 3.05) is 31.2 Å². The van der Waals surface area contributed by atoms with Crippen molar-refractivity contribution in [1.82, 2.24) is 4.90 Å². The van der Waals surface area contributed by atoms with Crippen LogP contribution in [0.4, 0.5) is 5.69 Å². The molecule has 0 spiro atoms. The van der Waals surface area contributed by atoms with E-state index in [0.29, 0.717) is 43.4 Å². The standard InChI is InChI=1S/C18H22N2O6/c1-11(2)20(10-16(21)22)18(24)13-5-6-19(17(13)23)12-3-4-14-15(9-12)26-8-7-25-14/h3-4,9,11,13H,5-8,10H2,1-2H3,(H,21,22). The number of ether oxygens (including phenoxy) is 2. The summed E-state index contributed by atoms with van der Waals surface area (Å²) in [6, 6.07) is 4.94. The van der Waals surface area contributed by atoms with Crippen LogP contribution in [0.3, 0.4) is 0 Å². The fraction of sp³-hybridized carbons (Fsp3) is 0.500. The van der Waals surface area contributed by atoms with Gasteiger partial charge in [-0.15, -0.1) is 0 Å². The summed E-state index contributed by atoms with van der Waals surface area (Å²) in [5.74, 6) is -1.50. The molecule has 26 heavy (non-hydrogen) atoms. The Morgan fingerprint density at radius 3 is 2.62 bits per heavy atom. The zero-order valence-corrected chi connectivity index (χ0v) is 14.8. The highest BCUT2D eigenvalue weighted by Gasteiger charge is 2.41. The molecule has 1 aromatic rings. The number of hydrogen-bond acceptors (Lipinski definition) is 5. The number of carbonyl (C=O) groups is 3. The fourth-order valence-electron chi connectivity index (χ4n) is 3.23. The van der Waals surface area contributed by atoms with E-state index >= 15 is 0 Å².